The summed E-state index contributed by atoms with van der Waals surface area (Å²) in [4.78, 5) is 49.7. The third-order valence-corrected chi connectivity index (χ3v) is 9.22. The van der Waals surface area contributed by atoms with Gasteiger partial charge >= 0.3 is 0 Å². The number of fused-ring (bicyclic) bond motifs is 2. The Bertz CT molecular complexity index is 1180. The second-order valence-corrected chi connectivity index (χ2v) is 11.4. The molecule has 186 valence electrons. The third-order valence-electron chi connectivity index (χ3n) is 8.29. The van der Waals surface area contributed by atoms with Crippen molar-refractivity contribution in [1.29, 1.82) is 0 Å². The standard InChI is InChI=1S/C25H32N6O3S/c1-16-5-6-18-19(20(26)35-21(18)27-16)22(32)28-13-7-17(8-14-28)29-10-4-9-25(15-29)23(33)30-11-2-3-12-31(30)24(25)34/h5-6,17H,2-4,7-15,26H2,1H3. The molecule has 0 aliphatic carbocycles. The predicted molar refractivity (Wildman–Crippen MR) is 134 cm³/mol. The highest BCUT2D eigenvalue weighted by Crippen LogP contribution is 2.42. The summed E-state index contributed by atoms with van der Waals surface area (Å²) in [6.45, 7) is 5.93. The number of carbonyl (C=O) groups is 3. The van der Waals surface area contributed by atoms with Gasteiger partial charge in [-0.1, -0.05) is 11.3 Å². The number of hydrazine groups is 1. The van der Waals surface area contributed by atoms with E-state index in [0.29, 0.717) is 49.7 Å². The molecule has 4 aliphatic rings. The van der Waals surface area contributed by atoms with E-state index < -0.39 is 5.41 Å². The zero-order valence-corrected chi connectivity index (χ0v) is 21.0. The van der Waals surface area contributed by atoms with Crippen LogP contribution in [0.5, 0.6) is 0 Å². The second-order valence-electron chi connectivity index (χ2n) is 10.4. The van der Waals surface area contributed by atoms with Crippen LogP contribution in [-0.4, -0.2) is 87.8 Å². The zero-order chi connectivity index (χ0) is 24.3. The third kappa shape index (κ3) is 3.52. The summed E-state index contributed by atoms with van der Waals surface area (Å²) in [5, 5.41) is 4.77. The smallest absolute Gasteiger partial charge is 0.258 e. The number of rotatable bonds is 2. The number of piperidine rings is 2. The van der Waals surface area contributed by atoms with Crippen LogP contribution in [0, 0.1) is 12.3 Å². The first kappa shape index (κ1) is 22.7. The van der Waals surface area contributed by atoms with Crippen molar-refractivity contribution in [3.8, 4) is 0 Å². The van der Waals surface area contributed by atoms with Crippen LogP contribution in [0.1, 0.15) is 54.6 Å². The van der Waals surface area contributed by atoms with E-state index in [1.54, 1.807) is 10.0 Å². The molecule has 0 saturated carbocycles. The van der Waals surface area contributed by atoms with Crippen molar-refractivity contribution in [3.63, 3.8) is 0 Å². The number of carbonyl (C=O) groups excluding carboxylic acids is 3. The Balaban J connectivity index is 1.15. The van der Waals surface area contributed by atoms with Gasteiger partial charge in [0.15, 0.2) is 0 Å². The number of nitrogen functional groups attached to an aromatic ring is 1. The van der Waals surface area contributed by atoms with Crippen molar-refractivity contribution in [2.75, 3.05) is 45.0 Å². The molecule has 35 heavy (non-hydrogen) atoms. The van der Waals surface area contributed by atoms with Crippen LogP contribution < -0.4 is 5.73 Å². The largest absolute Gasteiger partial charge is 0.390 e. The van der Waals surface area contributed by atoms with Crippen molar-refractivity contribution < 1.29 is 14.4 Å². The molecule has 0 bridgehead atoms. The molecule has 4 fully saturated rings. The Kier molecular flexibility index (Phi) is 5.48. The van der Waals surface area contributed by atoms with Gasteiger partial charge in [-0.3, -0.25) is 29.3 Å². The van der Waals surface area contributed by atoms with E-state index in [9.17, 15) is 14.4 Å². The van der Waals surface area contributed by atoms with Gasteiger partial charge in [0.25, 0.3) is 17.7 Å². The number of pyridine rings is 1. The van der Waals surface area contributed by atoms with Crippen LogP contribution in [0.15, 0.2) is 12.1 Å². The Morgan fingerprint density at radius 2 is 1.71 bits per heavy atom. The molecule has 6 heterocycles. The highest BCUT2D eigenvalue weighted by atomic mass is 32.1. The van der Waals surface area contributed by atoms with E-state index >= 15 is 0 Å². The van der Waals surface area contributed by atoms with Gasteiger partial charge in [-0.2, -0.15) is 0 Å². The number of hydrogen-bond acceptors (Lipinski definition) is 7. The van der Waals surface area contributed by atoms with Gasteiger partial charge in [0, 0.05) is 49.8 Å². The van der Waals surface area contributed by atoms with Gasteiger partial charge in [0.2, 0.25) is 0 Å². The van der Waals surface area contributed by atoms with E-state index in [1.165, 1.54) is 11.3 Å². The van der Waals surface area contributed by atoms with Crippen LogP contribution in [0.25, 0.3) is 10.2 Å². The minimum atomic E-state index is -0.912. The lowest BCUT2D eigenvalue weighted by Crippen LogP contribution is -2.56. The SMILES string of the molecule is Cc1ccc2c(C(=O)N3CCC(N4CCCC5(C4)C(=O)N4CCCCN4C5=O)CC3)c(N)sc2n1. The average molecular weight is 497 g/mol. The molecule has 2 aromatic heterocycles. The Morgan fingerprint density at radius 3 is 2.40 bits per heavy atom. The number of aryl methyl sites for hydroxylation is 1. The number of nitrogens with two attached hydrogens (primary N) is 1. The van der Waals surface area contributed by atoms with Gasteiger partial charge < -0.3 is 10.6 Å². The summed E-state index contributed by atoms with van der Waals surface area (Å²) in [5.41, 5.74) is 6.81. The number of anilines is 1. The molecule has 4 aliphatic heterocycles. The van der Waals surface area contributed by atoms with Crippen molar-refractivity contribution in [2.24, 2.45) is 5.41 Å². The molecule has 0 atom stereocenters. The molecule has 9 nitrogen and oxygen atoms in total. The van der Waals surface area contributed by atoms with Crippen LogP contribution in [0.4, 0.5) is 5.00 Å². The fourth-order valence-corrected chi connectivity index (χ4v) is 7.40. The topological polar surface area (TPSA) is 103 Å². The molecule has 0 aromatic carbocycles. The lowest BCUT2D eigenvalue weighted by molar-refractivity contribution is -0.150. The maximum atomic E-state index is 13.4. The lowest BCUT2D eigenvalue weighted by atomic mass is 9.78. The molecule has 6 rings (SSSR count). The van der Waals surface area contributed by atoms with Crippen molar-refractivity contribution in [1.82, 2.24) is 24.8 Å². The molecule has 3 amide bonds. The van der Waals surface area contributed by atoms with Crippen LogP contribution in [0.3, 0.4) is 0 Å². The highest BCUT2D eigenvalue weighted by molar-refractivity contribution is 7.22. The van der Waals surface area contributed by atoms with Crippen molar-refractivity contribution in [3.05, 3.63) is 23.4 Å². The Labute approximate surface area is 208 Å². The Morgan fingerprint density at radius 1 is 1.03 bits per heavy atom. The zero-order valence-electron chi connectivity index (χ0n) is 20.2. The van der Waals surface area contributed by atoms with Crippen molar-refractivity contribution in [2.45, 2.75) is 51.5 Å². The summed E-state index contributed by atoms with van der Waals surface area (Å²) in [6, 6.07) is 4.13. The lowest BCUT2D eigenvalue weighted by Gasteiger charge is -2.44. The summed E-state index contributed by atoms with van der Waals surface area (Å²) >= 11 is 1.37. The molecule has 1 spiro atoms. The van der Waals surface area contributed by atoms with Gasteiger partial charge in [-0.05, 0) is 64.1 Å². The average Bonchev–Trinajstić information content (AvgIpc) is 3.30. The fourth-order valence-electron chi connectivity index (χ4n) is 6.42. The number of hydrogen-bond donors (Lipinski definition) is 1. The van der Waals surface area contributed by atoms with Crippen LogP contribution >= 0.6 is 11.3 Å². The number of aromatic nitrogens is 1. The predicted octanol–water partition coefficient (Wildman–Crippen LogP) is 2.25. The summed E-state index contributed by atoms with van der Waals surface area (Å²) in [7, 11) is 0. The first-order valence-corrected chi connectivity index (χ1v) is 13.5. The maximum absolute atomic E-state index is 13.4. The quantitative estimate of drug-likeness (QED) is 0.640. The van der Waals surface area contributed by atoms with E-state index in [0.717, 1.165) is 54.6 Å². The molecular weight excluding hydrogens is 464 g/mol. The number of thiophene rings is 1. The minimum absolute atomic E-state index is 0.00294. The summed E-state index contributed by atoms with van der Waals surface area (Å²) in [5.74, 6) is -0.0230. The van der Waals surface area contributed by atoms with Crippen LogP contribution in [0.2, 0.25) is 0 Å². The maximum Gasteiger partial charge on any atom is 0.258 e. The summed E-state index contributed by atoms with van der Waals surface area (Å²) in [6.07, 6.45) is 5.07. The monoisotopic (exact) mass is 496 g/mol. The van der Waals surface area contributed by atoms with E-state index in [-0.39, 0.29) is 23.8 Å². The van der Waals surface area contributed by atoms with Gasteiger partial charge in [-0.25, -0.2) is 4.98 Å². The number of amides is 3. The number of likely N-dealkylation sites (tertiary alicyclic amines) is 2. The van der Waals surface area contributed by atoms with E-state index in [4.69, 9.17) is 5.73 Å². The van der Waals surface area contributed by atoms with E-state index in [1.807, 2.05) is 24.0 Å². The minimum Gasteiger partial charge on any atom is -0.390 e. The molecule has 10 heteroatoms. The van der Waals surface area contributed by atoms with Gasteiger partial charge in [0.05, 0.1) is 5.56 Å². The summed E-state index contributed by atoms with van der Waals surface area (Å²) < 4.78 is 0. The first-order chi connectivity index (χ1) is 16.9. The molecular formula is C25H32N6O3S. The molecule has 0 unspecified atom stereocenters. The molecule has 0 radical (unpaired) electrons. The Hall–Kier alpha value is -2.72. The molecule has 2 N–H and O–H groups in total. The van der Waals surface area contributed by atoms with Crippen molar-refractivity contribution >= 4 is 44.3 Å². The molecule has 4 saturated heterocycles. The normalized spacial score (nSPS) is 23.5. The van der Waals surface area contributed by atoms with Crippen LogP contribution in [-0.2, 0) is 9.59 Å². The highest BCUT2D eigenvalue weighted by Gasteiger charge is 2.60. The molecule has 2 aromatic rings. The van der Waals surface area contributed by atoms with E-state index in [2.05, 4.69) is 9.88 Å². The first-order valence-electron chi connectivity index (χ1n) is 12.7. The van der Waals surface area contributed by atoms with Gasteiger partial charge in [-0.15, -0.1) is 0 Å². The number of nitrogens with zero attached hydrogens (tertiary/aromatic N) is 5. The van der Waals surface area contributed by atoms with Gasteiger partial charge in [0.1, 0.15) is 15.2 Å². The fraction of sp³-hybridized carbons (Fsp3) is 0.600. The second kappa shape index (κ2) is 8.44.